The molecule has 0 aliphatic rings. The van der Waals surface area contributed by atoms with E-state index >= 15 is 0 Å². The van der Waals surface area contributed by atoms with Crippen LogP contribution in [0.4, 0.5) is 0 Å². The number of hydrogen-bond acceptors (Lipinski definition) is 4. The Bertz CT molecular complexity index is 110. The first-order chi connectivity index (χ1) is 5.54. The van der Waals surface area contributed by atoms with Gasteiger partial charge in [-0.25, -0.2) is 0 Å². The second kappa shape index (κ2) is 5.96. The minimum absolute atomic E-state index is 0.178. The van der Waals surface area contributed by atoms with Gasteiger partial charge in [-0.15, -0.1) is 23.2 Å². The summed E-state index contributed by atoms with van der Waals surface area (Å²) in [6, 6.07) is 0. The van der Waals surface area contributed by atoms with Crippen molar-refractivity contribution in [2.75, 3.05) is 12.5 Å². The molecule has 0 saturated heterocycles. The molecule has 0 rings (SSSR count). The second-order valence-corrected chi connectivity index (χ2v) is 3.22. The Labute approximate surface area is 80.3 Å². The molecule has 0 aromatic heterocycles. The molecule has 4 nitrogen and oxygen atoms in total. The second-order valence-electron chi connectivity index (χ2n) is 2.41. The number of aliphatic hydroxyl groups excluding tert-OH is 4. The summed E-state index contributed by atoms with van der Waals surface area (Å²) in [5.41, 5.74) is 0. The highest BCUT2D eigenvalue weighted by atomic mass is 35.5. The summed E-state index contributed by atoms with van der Waals surface area (Å²) in [6.07, 6.45) is -3.80. The standard InChI is InChI=1S/C6H12Cl2O4/c7-1-3(10)6(12)5(8)4(11)2-9/h3-6,9-12H,1-2H2. The van der Waals surface area contributed by atoms with Crippen molar-refractivity contribution in [2.24, 2.45) is 0 Å². The molecule has 0 heterocycles. The van der Waals surface area contributed by atoms with Crippen LogP contribution in [0.1, 0.15) is 0 Å². The molecular formula is C6H12Cl2O4. The van der Waals surface area contributed by atoms with Gasteiger partial charge in [0.05, 0.1) is 36.2 Å². The Morgan fingerprint density at radius 1 is 1.08 bits per heavy atom. The van der Waals surface area contributed by atoms with Crippen LogP contribution < -0.4 is 0 Å². The molecule has 74 valence electrons. The molecule has 4 N–H and O–H groups in total. The lowest BCUT2D eigenvalue weighted by Gasteiger charge is -2.23. The normalized spacial score (nSPS) is 21.5. The SMILES string of the molecule is OCC(O)C(Cl)C(O)C(O)CCl. The summed E-state index contributed by atoms with van der Waals surface area (Å²) >= 11 is 10.7. The smallest absolute Gasteiger partial charge is 0.1000 e. The van der Waals surface area contributed by atoms with Crippen molar-refractivity contribution in [2.45, 2.75) is 23.7 Å². The monoisotopic (exact) mass is 218 g/mol. The molecule has 12 heavy (non-hydrogen) atoms. The van der Waals surface area contributed by atoms with Crippen molar-refractivity contribution in [3.8, 4) is 0 Å². The average Bonchev–Trinajstić information content (AvgIpc) is 2.12. The third-order valence-electron chi connectivity index (χ3n) is 1.43. The van der Waals surface area contributed by atoms with Crippen molar-refractivity contribution in [3.63, 3.8) is 0 Å². The Balaban J connectivity index is 3.99. The molecule has 0 bridgehead atoms. The van der Waals surface area contributed by atoms with Crippen LogP contribution >= 0.6 is 23.2 Å². The van der Waals surface area contributed by atoms with Crippen molar-refractivity contribution in [1.29, 1.82) is 0 Å². The first-order valence-electron chi connectivity index (χ1n) is 3.39. The third-order valence-corrected chi connectivity index (χ3v) is 2.30. The van der Waals surface area contributed by atoms with Crippen LogP contribution in [0.2, 0.25) is 0 Å². The molecule has 0 aliphatic carbocycles. The van der Waals surface area contributed by atoms with Gasteiger partial charge in [0.15, 0.2) is 0 Å². The van der Waals surface area contributed by atoms with E-state index in [-0.39, 0.29) is 5.88 Å². The van der Waals surface area contributed by atoms with Gasteiger partial charge in [0, 0.05) is 0 Å². The predicted molar refractivity (Wildman–Crippen MR) is 45.5 cm³/mol. The summed E-state index contributed by atoms with van der Waals surface area (Å²) < 4.78 is 0. The van der Waals surface area contributed by atoms with Crippen molar-refractivity contribution < 1.29 is 20.4 Å². The van der Waals surface area contributed by atoms with Crippen LogP contribution in [-0.4, -0.2) is 56.6 Å². The molecule has 0 amide bonds. The Morgan fingerprint density at radius 2 is 1.58 bits per heavy atom. The van der Waals surface area contributed by atoms with E-state index in [2.05, 4.69) is 0 Å². The lowest BCUT2D eigenvalue weighted by molar-refractivity contribution is -0.0103. The van der Waals surface area contributed by atoms with Crippen molar-refractivity contribution in [3.05, 3.63) is 0 Å². The van der Waals surface area contributed by atoms with Crippen LogP contribution in [0.3, 0.4) is 0 Å². The van der Waals surface area contributed by atoms with Crippen LogP contribution in [0.5, 0.6) is 0 Å². The first-order valence-corrected chi connectivity index (χ1v) is 4.36. The molecule has 0 fully saturated rings. The predicted octanol–water partition coefficient (Wildman–Crippen LogP) is -1.09. The van der Waals surface area contributed by atoms with E-state index < -0.39 is 30.3 Å². The van der Waals surface area contributed by atoms with E-state index in [1.807, 2.05) is 0 Å². The summed E-state index contributed by atoms with van der Waals surface area (Å²) in [5.74, 6) is -0.178. The summed E-state index contributed by atoms with van der Waals surface area (Å²) in [5, 5.41) is 34.4. The third kappa shape index (κ3) is 3.43. The summed E-state index contributed by atoms with van der Waals surface area (Å²) in [7, 11) is 0. The Morgan fingerprint density at radius 3 is 1.92 bits per heavy atom. The number of aliphatic hydroxyl groups is 4. The van der Waals surface area contributed by atoms with E-state index in [1.165, 1.54) is 0 Å². The maximum atomic E-state index is 9.15. The van der Waals surface area contributed by atoms with Crippen LogP contribution in [-0.2, 0) is 0 Å². The number of rotatable bonds is 5. The van der Waals surface area contributed by atoms with Crippen molar-refractivity contribution >= 4 is 23.2 Å². The molecule has 4 unspecified atom stereocenters. The largest absolute Gasteiger partial charge is 0.394 e. The summed E-state index contributed by atoms with van der Waals surface area (Å²) in [4.78, 5) is 0. The molecule has 0 radical (unpaired) electrons. The maximum absolute atomic E-state index is 9.15. The van der Waals surface area contributed by atoms with Gasteiger partial charge >= 0.3 is 0 Å². The van der Waals surface area contributed by atoms with Gasteiger partial charge in [-0.3, -0.25) is 0 Å². The van der Waals surface area contributed by atoms with Gasteiger partial charge in [-0.1, -0.05) is 0 Å². The molecule has 0 aliphatic heterocycles. The van der Waals surface area contributed by atoms with Gasteiger partial charge in [0.2, 0.25) is 0 Å². The highest BCUT2D eigenvalue weighted by molar-refractivity contribution is 6.21. The average molecular weight is 219 g/mol. The van der Waals surface area contributed by atoms with Gasteiger partial charge in [0.1, 0.15) is 0 Å². The zero-order valence-electron chi connectivity index (χ0n) is 6.27. The molecule has 4 atom stereocenters. The van der Waals surface area contributed by atoms with Gasteiger partial charge in [-0.2, -0.15) is 0 Å². The maximum Gasteiger partial charge on any atom is 0.1000 e. The van der Waals surface area contributed by atoms with Crippen LogP contribution in [0.15, 0.2) is 0 Å². The number of hydrogen-bond donors (Lipinski definition) is 4. The fraction of sp³-hybridized carbons (Fsp3) is 1.00. The molecular weight excluding hydrogens is 207 g/mol. The van der Waals surface area contributed by atoms with Gasteiger partial charge in [-0.05, 0) is 0 Å². The Hall–Kier alpha value is 0.420. The fourth-order valence-corrected chi connectivity index (χ4v) is 1.06. The zero-order valence-corrected chi connectivity index (χ0v) is 7.78. The zero-order chi connectivity index (χ0) is 9.72. The molecule has 0 aromatic rings. The highest BCUT2D eigenvalue weighted by Crippen LogP contribution is 2.12. The summed E-state index contributed by atoms with van der Waals surface area (Å²) in [6.45, 7) is -0.569. The van der Waals surface area contributed by atoms with Crippen LogP contribution in [0.25, 0.3) is 0 Å². The molecule has 0 aromatic carbocycles. The minimum atomic E-state index is -1.34. The Kier molecular flexibility index (Phi) is 6.17. The topological polar surface area (TPSA) is 80.9 Å². The lowest BCUT2D eigenvalue weighted by Crippen LogP contribution is -2.43. The highest BCUT2D eigenvalue weighted by Gasteiger charge is 2.29. The molecule has 0 saturated carbocycles. The van der Waals surface area contributed by atoms with E-state index in [9.17, 15) is 0 Å². The van der Waals surface area contributed by atoms with Crippen molar-refractivity contribution in [1.82, 2.24) is 0 Å². The van der Waals surface area contributed by atoms with E-state index in [1.54, 1.807) is 0 Å². The van der Waals surface area contributed by atoms with E-state index in [0.29, 0.717) is 0 Å². The minimum Gasteiger partial charge on any atom is -0.394 e. The molecule has 0 spiro atoms. The lowest BCUT2D eigenvalue weighted by atomic mass is 10.1. The van der Waals surface area contributed by atoms with Gasteiger partial charge in [0.25, 0.3) is 0 Å². The van der Waals surface area contributed by atoms with E-state index in [0.717, 1.165) is 0 Å². The van der Waals surface area contributed by atoms with E-state index in [4.69, 9.17) is 43.6 Å². The van der Waals surface area contributed by atoms with Crippen LogP contribution in [0, 0.1) is 0 Å². The van der Waals surface area contributed by atoms with Gasteiger partial charge < -0.3 is 20.4 Å². The fourth-order valence-electron chi connectivity index (χ4n) is 0.632. The number of alkyl halides is 2. The number of halogens is 2. The first kappa shape index (κ1) is 12.4. The molecule has 6 heteroatoms. The quantitative estimate of drug-likeness (QED) is 0.443.